The SMILES string of the molecule is CC(C)NCC1CN(Cc2ccccc2)CCC1O. The summed E-state index contributed by atoms with van der Waals surface area (Å²) >= 11 is 0. The van der Waals surface area contributed by atoms with Crippen molar-refractivity contribution >= 4 is 0 Å². The van der Waals surface area contributed by atoms with Gasteiger partial charge in [-0.25, -0.2) is 0 Å². The summed E-state index contributed by atoms with van der Waals surface area (Å²) in [7, 11) is 0. The Morgan fingerprint density at radius 1 is 1.32 bits per heavy atom. The first-order chi connectivity index (χ1) is 9.15. The van der Waals surface area contributed by atoms with Gasteiger partial charge in [0.15, 0.2) is 0 Å². The third kappa shape index (κ3) is 4.60. The number of benzene rings is 1. The van der Waals surface area contributed by atoms with E-state index >= 15 is 0 Å². The first-order valence-electron chi connectivity index (χ1n) is 7.33. The number of piperidine rings is 1. The van der Waals surface area contributed by atoms with Gasteiger partial charge in [-0.1, -0.05) is 44.2 Å². The number of nitrogens with zero attached hydrogens (tertiary/aromatic N) is 1. The van der Waals surface area contributed by atoms with Crippen molar-refractivity contribution in [2.24, 2.45) is 5.92 Å². The van der Waals surface area contributed by atoms with E-state index < -0.39 is 0 Å². The van der Waals surface area contributed by atoms with Gasteiger partial charge in [-0.05, 0) is 12.0 Å². The van der Waals surface area contributed by atoms with Gasteiger partial charge in [0.25, 0.3) is 0 Å². The second kappa shape index (κ2) is 7.04. The molecule has 1 fully saturated rings. The van der Waals surface area contributed by atoms with Crippen LogP contribution in [-0.4, -0.2) is 41.8 Å². The van der Waals surface area contributed by atoms with E-state index in [2.05, 4.69) is 54.4 Å². The molecule has 1 aliphatic heterocycles. The molecule has 0 spiro atoms. The Kier molecular flexibility index (Phi) is 5.37. The quantitative estimate of drug-likeness (QED) is 0.850. The molecule has 19 heavy (non-hydrogen) atoms. The monoisotopic (exact) mass is 262 g/mol. The van der Waals surface area contributed by atoms with Crippen LogP contribution >= 0.6 is 0 Å². The Hall–Kier alpha value is -0.900. The summed E-state index contributed by atoms with van der Waals surface area (Å²) in [6.45, 7) is 8.17. The van der Waals surface area contributed by atoms with Crippen molar-refractivity contribution in [1.29, 1.82) is 0 Å². The molecule has 2 N–H and O–H groups in total. The second-order valence-corrected chi connectivity index (χ2v) is 5.90. The van der Waals surface area contributed by atoms with E-state index in [4.69, 9.17) is 0 Å². The summed E-state index contributed by atoms with van der Waals surface area (Å²) in [4.78, 5) is 2.45. The van der Waals surface area contributed by atoms with Gasteiger partial charge in [-0.15, -0.1) is 0 Å². The molecule has 0 amide bonds. The van der Waals surface area contributed by atoms with Crippen LogP contribution in [0.2, 0.25) is 0 Å². The Balaban J connectivity index is 1.86. The minimum atomic E-state index is -0.154. The fraction of sp³-hybridized carbons (Fsp3) is 0.625. The first kappa shape index (κ1) is 14.5. The van der Waals surface area contributed by atoms with Gasteiger partial charge in [0.1, 0.15) is 0 Å². The Labute approximate surface area is 116 Å². The zero-order valence-electron chi connectivity index (χ0n) is 12.0. The molecule has 0 aliphatic carbocycles. The maximum atomic E-state index is 10.1. The highest BCUT2D eigenvalue weighted by Crippen LogP contribution is 2.19. The lowest BCUT2D eigenvalue weighted by atomic mass is 9.94. The van der Waals surface area contributed by atoms with Crippen molar-refractivity contribution in [1.82, 2.24) is 10.2 Å². The fourth-order valence-corrected chi connectivity index (χ4v) is 2.67. The average Bonchev–Trinajstić information content (AvgIpc) is 2.40. The molecule has 3 nitrogen and oxygen atoms in total. The van der Waals surface area contributed by atoms with Crippen LogP contribution in [0, 0.1) is 5.92 Å². The highest BCUT2D eigenvalue weighted by Gasteiger charge is 2.27. The van der Waals surface area contributed by atoms with Crippen molar-refractivity contribution in [2.75, 3.05) is 19.6 Å². The van der Waals surface area contributed by atoms with Crippen LogP contribution in [0.4, 0.5) is 0 Å². The Morgan fingerprint density at radius 3 is 2.74 bits per heavy atom. The molecule has 2 atom stereocenters. The molecule has 0 bridgehead atoms. The lowest BCUT2D eigenvalue weighted by Crippen LogP contribution is -2.47. The summed E-state index contributed by atoms with van der Waals surface area (Å²) in [5.41, 5.74) is 1.36. The average molecular weight is 262 g/mol. The predicted octanol–water partition coefficient (Wildman–Crippen LogP) is 1.87. The van der Waals surface area contributed by atoms with Crippen LogP contribution in [-0.2, 0) is 6.54 Å². The molecule has 2 unspecified atom stereocenters. The molecule has 106 valence electrons. The molecule has 0 aromatic heterocycles. The predicted molar refractivity (Wildman–Crippen MR) is 79.0 cm³/mol. The van der Waals surface area contributed by atoms with Gasteiger partial charge in [0, 0.05) is 38.1 Å². The van der Waals surface area contributed by atoms with Crippen LogP contribution in [0.1, 0.15) is 25.8 Å². The molecule has 1 aliphatic rings. The van der Waals surface area contributed by atoms with Crippen molar-refractivity contribution in [3.8, 4) is 0 Å². The van der Waals surface area contributed by atoms with Gasteiger partial charge >= 0.3 is 0 Å². The van der Waals surface area contributed by atoms with Crippen LogP contribution in [0.3, 0.4) is 0 Å². The number of aliphatic hydroxyl groups is 1. The van der Waals surface area contributed by atoms with Crippen molar-refractivity contribution in [2.45, 2.75) is 39.0 Å². The lowest BCUT2D eigenvalue weighted by molar-refractivity contribution is 0.0233. The minimum absolute atomic E-state index is 0.154. The van der Waals surface area contributed by atoms with E-state index in [1.165, 1.54) is 5.56 Å². The molecule has 1 saturated heterocycles. The van der Waals surface area contributed by atoms with Crippen LogP contribution in [0.5, 0.6) is 0 Å². The fourth-order valence-electron chi connectivity index (χ4n) is 2.67. The van der Waals surface area contributed by atoms with Gasteiger partial charge in [-0.2, -0.15) is 0 Å². The lowest BCUT2D eigenvalue weighted by Gasteiger charge is -2.36. The van der Waals surface area contributed by atoms with Crippen molar-refractivity contribution in [3.05, 3.63) is 35.9 Å². The molecule has 1 aromatic rings. The number of hydrogen-bond donors (Lipinski definition) is 2. The zero-order chi connectivity index (χ0) is 13.7. The molecule has 3 heteroatoms. The standard InChI is InChI=1S/C16H26N2O/c1-13(2)17-10-15-12-18(9-8-16(15)19)11-14-6-4-3-5-7-14/h3-7,13,15-17,19H,8-12H2,1-2H3. The smallest absolute Gasteiger partial charge is 0.0605 e. The minimum Gasteiger partial charge on any atom is -0.393 e. The zero-order valence-corrected chi connectivity index (χ0v) is 12.0. The third-order valence-corrected chi connectivity index (χ3v) is 3.82. The molecule has 1 aromatic carbocycles. The molecule has 2 rings (SSSR count). The third-order valence-electron chi connectivity index (χ3n) is 3.82. The largest absolute Gasteiger partial charge is 0.393 e. The molecular formula is C16H26N2O. The molecular weight excluding hydrogens is 236 g/mol. The normalized spacial score (nSPS) is 24.8. The summed E-state index contributed by atoms with van der Waals surface area (Å²) in [6, 6.07) is 11.1. The second-order valence-electron chi connectivity index (χ2n) is 5.90. The van der Waals surface area contributed by atoms with Crippen molar-refractivity contribution in [3.63, 3.8) is 0 Å². The van der Waals surface area contributed by atoms with E-state index in [-0.39, 0.29) is 6.10 Å². The van der Waals surface area contributed by atoms with Gasteiger partial charge < -0.3 is 10.4 Å². The van der Waals surface area contributed by atoms with E-state index in [0.29, 0.717) is 12.0 Å². The summed E-state index contributed by atoms with van der Waals surface area (Å²) in [5.74, 6) is 0.347. The van der Waals surface area contributed by atoms with Crippen LogP contribution < -0.4 is 5.32 Å². The highest BCUT2D eigenvalue weighted by molar-refractivity contribution is 5.14. The molecule has 1 heterocycles. The molecule has 0 radical (unpaired) electrons. The van der Waals surface area contributed by atoms with Gasteiger partial charge in [0.05, 0.1) is 6.10 Å². The number of aliphatic hydroxyl groups excluding tert-OH is 1. The number of nitrogens with one attached hydrogen (secondary N) is 1. The summed E-state index contributed by atoms with van der Waals surface area (Å²) in [5, 5.41) is 13.5. The van der Waals surface area contributed by atoms with Crippen LogP contribution in [0.25, 0.3) is 0 Å². The summed E-state index contributed by atoms with van der Waals surface area (Å²) < 4.78 is 0. The summed E-state index contributed by atoms with van der Waals surface area (Å²) in [6.07, 6.45) is 0.732. The Morgan fingerprint density at radius 2 is 2.05 bits per heavy atom. The van der Waals surface area contributed by atoms with Gasteiger partial charge in [0.2, 0.25) is 0 Å². The van der Waals surface area contributed by atoms with E-state index in [1.54, 1.807) is 0 Å². The maximum absolute atomic E-state index is 10.1. The van der Waals surface area contributed by atoms with Crippen molar-refractivity contribution < 1.29 is 5.11 Å². The van der Waals surface area contributed by atoms with E-state index in [0.717, 1.165) is 32.6 Å². The van der Waals surface area contributed by atoms with E-state index in [9.17, 15) is 5.11 Å². The first-order valence-corrected chi connectivity index (χ1v) is 7.33. The molecule has 0 saturated carbocycles. The topological polar surface area (TPSA) is 35.5 Å². The van der Waals surface area contributed by atoms with Crippen LogP contribution in [0.15, 0.2) is 30.3 Å². The maximum Gasteiger partial charge on any atom is 0.0605 e. The number of rotatable bonds is 5. The van der Waals surface area contributed by atoms with Gasteiger partial charge in [-0.3, -0.25) is 4.90 Å². The highest BCUT2D eigenvalue weighted by atomic mass is 16.3. The van der Waals surface area contributed by atoms with E-state index in [1.807, 2.05) is 0 Å². The Bertz CT molecular complexity index is 366. The number of hydrogen-bond acceptors (Lipinski definition) is 3. The number of likely N-dealkylation sites (tertiary alicyclic amines) is 1.